The van der Waals surface area contributed by atoms with Crippen molar-refractivity contribution < 1.29 is 18.7 Å². The molecule has 2 aliphatic heterocycles. The van der Waals surface area contributed by atoms with Crippen LogP contribution in [0.2, 0.25) is 0 Å². The quantitative estimate of drug-likeness (QED) is 0.692. The number of hydrogen-bond acceptors (Lipinski definition) is 5. The van der Waals surface area contributed by atoms with Crippen molar-refractivity contribution in [2.24, 2.45) is 0 Å². The van der Waals surface area contributed by atoms with Crippen molar-refractivity contribution in [3.8, 4) is 11.5 Å². The summed E-state index contributed by atoms with van der Waals surface area (Å²) in [5.41, 5.74) is 1.07. The smallest absolute Gasteiger partial charge is 0.336 e. The van der Waals surface area contributed by atoms with Gasteiger partial charge in [0.15, 0.2) is 11.4 Å². The van der Waals surface area contributed by atoms with Gasteiger partial charge in [-0.3, -0.25) is 4.79 Å². The van der Waals surface area contributed by atoms with E-state index in [1.54, 1.807) is 0 Å². The maximum absolute atomic E-state index is 12.6. The van der Waals surface area contributed by atoms with Gasteiger partial charge in [-0.15, -0.1) is 0 Å². The van der Waals surface area contributed by atoms with E-state index in [1.807, 2.05) is 39.8 Å². The minimum atomic E-state index is -0.499. The number of aryl methyl sites for hydroxylation is 1. The first-order valence-electron chi connectivity index (χ1n) is 7.99. The average molecular weight is 326 g/mol. The summed E-state index contributed by atoms with van der Waals surface area (Å²) in [5.74, 6) is 0.963. The van der Waals surface area contributed by atoms with Crippen LogP contribution in [-0.2, 0) is 0 Å². The Kier molecular flexibility index (Phi) is 2.95. The third-order valence-corrected chi connectivity index (χ3v) is 4.42. The van der Waals surface area contributed by atoms with E-state index in [0.29, 0.717) is 22.4 Å². The molecule has 0 fully saturated rings. The van der Waals surface area contributed by atoms with Crippen LogP contribution in [0.3, 0.4) is 0 Å². The van der Waals surface area contributed by atoms with E-state index in [4.69, 9.17) is 13.9 Å². The second-order valence-corrected chi connectivity index (χ2v) is 6.99. The third kappa shape index (κ3) is 2.08. The van der Waals surface area contributed by atoms with Gasteiger partial charge in [0.25, 0.3) is 0 Å². The predicted molar refractivity (Wildman–Crippen MR) is 90.0 cm³/mol. The standard InChI is InChI=1S/C19H18O5/c1-9-7-13(21)23-18-14(9)17-11(5-6-19(3,4)24-17)16-15(18)12(20)8-10(2)22-16/h5-7,10H,8H2,1-4H3. The van der Waals surface area contributed by atoms with E-state index in [2.05, 4.69) is 0 Å². The fourth-order valence-corrected chi connectivity index (χ4v) is 3.36. The molecule has 2 aliphatic rings. The lowest BCUT2D eigenvalue weighted by Crippen LogP contribution is -2.30. The summed E-state index contributed by atoms with van der Waals surface area (Å²) < 4.78 is 17.5. The van der Waals surface area contributed by atoms with Gasteiger partial charge in [0, 0.05) is 12.5 Å². The molecule has 1 atom stereocenters. The van der Waals surface area contributed by atoms with Crippen molar-refractivity contribution in [3.05, 3.63) is 39.3 Å². The van der Waals surface area contributed by atoms with Gasteiger partial charge >= 0.3 is 5.63 Å². The lowest BCUT2D eigenvalue weighted by atomic mass is 9.91. The van der Waals surface area contributed by atoms with Crippen molar-refractivity contribution in [1.82, 2.24) is 0 Å². The second-order valence-electron chi connectivity index (χ2n) is 6.99. The summed E-state index contributed by atoms with van der Waals surface area (Å²) in [6.45, 7) is 7.56. The van der Waals surface area contributed by atoms with Gasteiger partial charge in [-0.2, -0.15) is 0 Å². The monoisotopic (exact) mass is 326 g/mol. The fraction of sp³-hybridized carbons (Fsp3) is 0.368. The lowest BCUT2D eigenvalue weighted by Gasteiger charge is -2.32. The molecule has 3 heterocycles. The normalized spacial score (nSPS) is 21.0. The molecule has 1 aromatic carbocycles. The first-order chi connectivity index (χ1) is 11.3. The molecule has 0 bridgehead atoms. The van der Waals surface area contributed by atoms with E-state index in [1.165, 1.54) is 6.07 Å². The molecule has 0 N–H and O–H groups in total. The van der Waals surface area contributed by atoms with E-state index in [-0.39, 0.29) is 23.9 Å². The number of fused-ring (bicyclic) bond motifs is 6. The molecular formula is C19H18O5. The van der Waals surface area contributed by atoms with Crippen LogP contribution < -0.4 is 15.1 Å². The Morgan fingerprint density at radius 1 is 1.21 bits per heavy atom. The Balaban J connectivity index is 2.21. The Bertz CT molecular complexity index is 978. The van der Waals surface area contributed by atoms with Crippen LogP contribution in [0.4, 0.5) is 0 Å². The van der Waals surface area contributed by atoms with E-state index in [9.17, 15) is 9.59 Å². The number of hydrogen-bond donors (Lipinski definition) is 0. The minimum Gasteiger partial charge on any atom is -0.489 e. The lowest BCUT2D eigenvalue weighted by molar-refractivity contribution is 0.0869. The SMILES string of the molecule is Cc1cc(=O)oc2c3c(c4c(c12)OC(C)(C)C=C4)OC(C)CC3=O. The Labute approximate surface area is 138 Å². The van der Waals surface area contributed by atoms with Crippen LogP contribution >= 0.6 is 0 Å². The van der Waals surface area contributed by atoms with Gasteiger partial charge in [0.05, 0.1) is 10.9 Å². The highest BCUT2D eigenvalue weighted by Crippen LogP contribution is 2.48. The number of ether oxygens (including phenoxy) is 2. The van der Waals surface area contributed by atoms with Crippen LogP contribution in [0, 0.1) is 6.92 Å². The number of ketones is 1. The van der Waals surface area contributed by atoms with Gasteiger partial charge in [-0.05, 0) is 45.4 Å². The highest BCUT2D eigenvalue weighted by atomic mass is 16.5. The van der Waals surface area contributed by atoms with Crippen molar-refractivity contribution in [2.75, 3.05) is 0 Å². The summed E-state index contributed by atoms with van der Waals surface area (Å²) in [4.78, 5) is 24.5. The summed E-state index contributed by atoms with van der Waals surface area (Å²) in [7, 11) is 0. The topological polar surface area (TPSA) is 65.7 Å². The number of carbonyl (C=O) groups excluding carboxylic acids is 1. The molecule has 124 valence electrons. The van der Waals surface area contributed by atoms with Crippen LogP contribution in [0.5, 0.6) is 11.5 Å². The van der Waals surface area contributed by atoms with Crippen molar-refractivity contribution >= 4 is 22.8 Å². The van der Waals surface area contributed by atoms with Crippen LogP contribution in [0.25, 0.3) is 17.0 Å². The number of carbonyl (C=O) groups is 1. The number of benzene rings is 1. The molecule has 0 radical (unpaired) electrons. The van der Waals surface area contributed by atoms with Crippen molar-refractivity contribution in [2.45, 2.75) is 45.8 Å². The molecule has 0 saturated heterocycles. The highest BCUT2D eigenvalue weighted by Gasteiger charge is 2.36. The van der Waals surface area contributed by atoms with E-state index < -0.39 is 11.2 Å². The molecule has 0 amide bonds. The van der Waals surface area contributed by atoms with Crippen molar-refractivity contribution in [3.63, 3.8) is 0 Å². The van der Waals surface area contributed by atoms with E-state index in [0.717, 1.165) is 11.1 Å². The summed E-state index contributed by atoms with van der Waals surface area (Å²) in [6.07, 6.45) is 3.89. The van der Waals surface area contributed by atoms with Crippen LogP contribution in [0.15, 0.2) is 21.4 Å². The maximum Gasteiger partial charge on any atom is 0.336 e. The molecule has 2 aromatic rings. The highest BCUT2D eigenvalue weighted by molar-refractivity contribution is 6.13. The molecule has 0 saturated carbocycles. The van der Waals surface area contributed by atoms with Gasteiger partial charge in [0.2, 0.25) is 0 Å². The summed E-state index contributed by atoms with van der Waals surface area (Å²) in [6, 6.07) is 1.42. The molecule has 1 unspecified atom stereocenters. The predicted octanol–water partition coefficient (Wildman–Crippen LogP) is 3.64. The van der Waals surface area contributed by atoms with Gasteiger partial charge in [-0.25, -0.2) is 4.79 Å². The van der Waals surface area contributed by atoms with E-state index >= 15 is 0 Å². The van der Waals surface area contributed by atoms with Gasteiger partial charge in [0.1, 0.15) is 28.8 Å². The molecule has 0 spiro atoms. The van der Waals surface area contributed by atoms with Gasteiger partial charge in [-0.1, -0.05) is 0 Å². The summed E-state index contributed by atoms with van der Waals surface area (Å²) in [5, 5.41) is 0.660. The maximum atomic E-state index is 12.6. The molecule has 0 aliphatic carbocycles. The molecule has 5 nitrogen and oxygen atoms in total. The number of Topliss-reactive ketones (excluding diaryl/α,β-unsaturated/α-hetero) is 1. The number of rotatable bonds is 0. The van der Waals surface area contributed by atoms with Crippen molar-refractivity contribution in [1.29, 1.82) is 0 Å². The Morgan fingerprint density at radius 3 is 2.71 bits per heavy atom. The zero-order valence-corrected chi connectivity index (χ0v) is 14.1. The van der Waals surface area contributed by atoms with Gasteiger partial charge < -0.3 is 13.9 Å². The average Bonchev–Trinajstić information content (AvgIpc) is 2.44. The Morgan fingerprint density at radius 2 is 1.96 bits per heavy atom. The summed E-state index contributed by atoms with van der Waals surface area (Å²) >= 11 is 0. The van der Waals surface area contributed by atoms with Crippen LogP contribution in [-0.4, -0.2) is 17.5 Å². The molecule has 24 heavy (non-hydrogen) atoms. The fourth-order valence-electron chi connectivity index (χ4n) is 3.36. The first kappa shape index (κ1) is 15.0. The largest absolute Gasteiger partial charge is 0.489 e. The second kappa shape index (κ2) is 4.72. The third-order valence-electron chi connectivity index (χ3n) is 4.42. The molecule has 1 aromatic heterocycles. The molecule has 4 rings (SSSR count). The first-order valence-corrected chi connectivity index (χ1v) is 7.99. The zero-order chi connectivity index (χ0) is 17.2. The van der Waals surface area contributed by atoms with Crippen LogP contribution in [0.1, 0.15) is 48.7 Å². The molecular weight excluding hydrogens is 308 g/mol. The minimum absolute atomic E-state index is 0.0801. The zero-order valence-electron chi connectivity index (χ0n) is 14.1. The molecule has 5 heteroatoms. The Hall–Kier alpha value is -2.56.